The van der Waals surface area contributed by atoms with Crippen LogP contribution < -0.4 is 4.90 Å². The molecule has 2 aromatic rings. The van der Waals surface area contributed by atoms with Crippen LogP contribution in [-0.4, -0.2) is 42.8 Å². The molecule has 6 nitrogen and oxygen atoms in total. The van der Waals surface area contributed by atoms with Crippen LogP contribution in [0.2, 0.25) is 0 Å². The Bertz CT molecular complexity index is 925. The van der Waals surface area contributed by atoms with Crippen LogP contribution in [0.3, 0.4) is 0 Å². The molecule has 1 saturated heterocycles. The topological polar surface area (TPSA) is 83.4 Å². The molecule has 0 radical (unpaired) electrons. The molecule has 1 unspecified atom stereocenters. The lowest BCUT2D eigenvalue weighted by Crippen LogP contribution is -2.36. The van der Waals surface area contributed by atoms with Gasteiger partial charge in [-0.15, -0.1) is 0 Å². The van der Waals surface area contributed by atoms with E-state index < -0.39 is 27.8 Å². The van der Waals surface area contributed by atoms with Crippen molar-refractivity contribution in [1.29, 1.82) is 0 Å². The number of rotatable bonds is 4. The second-order valence-electron chi connectivity index (χ2n) is 6.85. The molecule has 3 heterocycles. The minimum Gasteiger partial charge on any atom is -0.388 e. The SMILES string of the molecule is CS(=O)(=O)c1ccncc1C(O)C1CCN(c2ccc(C(F)(F)F)nc2)CC1. The first-order valence-corrected chi connectivity index (χ1v) is 10.6. The lowest BCUT2D eigenvalue weighted by molar-refractivity contribution is -0.141. The highest BCUT2D eigenvalue weighted by Gasteiger charge is 2.33. The lowest BCUT2D eigenvalue weighted by Gasteiger charge is -2.35. The number of anilines is 1. The summed E-state index contributed by atoms with van der Waals surface area (Å²) in [7, 11) is -3.50. The van der Waals surface area contributed by atoms with Gasteiger partial charge in [-0.05, 0) is 37.0 Å². The molecule has 0 aromatic carbocycles. The number of alkyl halides is 3. The third-order valence-electron chi connectivity index (χ3n) is 4.92. The Morgan fingerprint density at radius 1 is 1.18 bits per heavy atom. The van der Waals surface area contributed by atoms with Gasteiger partial charge in [0.2, 0.25) is 0 Å². The monoisotopic (exact) mass is 415 g/mol. The van der Waals surface area contributed by atoms with Crippen LogP contribution >= 0.6 is 0 Å². The third-order valence-corrected chi connectivity index (χ3v) is 6.09. The maximum absolute atomic E-state index is 12.6. The van der Waals surface area contributed by atoms with E-state index >= 15 is 0 Å². The fourth-order valence-electron chi connectivity index (χ4n) is 3.42. The minimum atomic E-state index is -4.48. The molecule has 1 aliphatic heterocycles. The number of piperidine rings is 1. The number of aliphatic hydroxyl groups is 1. The van der Waals surface area contributed by atoms with Gasteiger partial charge in [-0.3, -0.25) is 4.98 Å². The first-order valence-electron chi connectivity index (χ1n) is 8.67. The molecule has 0 amide bonds. The van der Waals surface area contributed by atoms with Crippen molar-refractivity contribution in [2.24, 2.45) is 5.92 Å². The summed E-state index contributed by atoms with van der Waals surface area (Å²) in [5, 5.41) is 10.7. The molecular weight excluding hydrogens is 395 g/mol. The van der Waals surface area contributed by atoms with E-state index in [4.69, 9.17) is 0 Å². The highest BCUT2D eigenvalue weighted by molar-refractivity contribution is 7.90. The van der Waals surface area contributed by atoms with Crippen LogP contribution in [0.5, 0.6) is 0 Å². The van der Waals surface area contributed by atoms with Crippen molar-refractivity contribution in [3.63, 3.8) is 0 Å². The average Bonchev–Trinajstić information content (AvgIpc) is 2.66. The highest BCUT2D eigenvalue weighted by atomic mass is 32.2. The van der Waals surface area contributed by atoms with Crippen molar-refractivity contribution in [2.45, 2.75) is 30.0 Å². The lowest BCUT2D eigenvalue weighted by atomic mass is 9.88. The van der Waals surface area contributed by atoms with E-state index in [1.165, 1.54) is 30.7 Å². The number of hydrogen-bond acceptors (Lipinski definition) is 6. The molecule has 1 fully saturated rings. The fourth-order valence-corrected chi connectivity index (χ4v) is 4.33. The van der Waals surface area contributed by atoms with Gasteiger partial charge < -0.3 is 10.0 Å². The van der Waals surface area contributed by atoms with Gasteiger partial charge in [0.1, 0.15) is 5.69 Å². The molecule has 10 heteroatoms. The van der Waals surface area contributed by atoms with Crippen LogP contribution in [0.15, 0.2) is 41.7 Å². The van der Waals surface area contributed by atoms with Gasteiger partial charge in [0.25, 0.3) is 0 Å². The summed E-state index contributed by atoms with van der Waals surface area (Å²) in [4.78, 5) is 9.36. The van der Waals surface area contributed by atoms with E-state index in [2.05, 4.69) is 9.97 Å². The maximum Gasteiger partial charge on any atom is 0.433 e. The first kappa shape index (κ1) is 20.5. The fraction of sp³-hybridized carbons (Fsp3) is 0.444. The Hall–Kier alpha value is -2.20. The van der Waals surface area contributed by atoms with Gasteiger partial charge >= 0.3 is 6.18 Å². The van der Waals surface area contributed by atoms with Crippen LogP contribution in [0.25, 0.3) is 0 Å². The Kier molecular flexibility index (Phi) is 5.62. The Morgan fingerprint density at radius 3 is 2.39 bits per heavy atom. The molecule has 0 spiro atoms. The van der Waals surface area contributed by atoms with Crippen molar-refractivity contribution in [1.82, 2.24) is 9.97 Å². The van der Waals surface area contributed by atoms with Crippen molar-refractivity contribution in [3.05, 3.63) is 48.0 Å². The predicted octanol–water partition coefficient (Wildman–Crippen LogP) is 2.85. The predicted molar refractivity (Wildman–Crippen MR) is 96.5 cm³/mol. The Labute approximate surface area is 161 Å². The molecule has 0 aliphatic carbocycles. The number of hydrogen-bond donors (Lipinski definition) is 1. The van der Waals surface area contributed by atoms with E-state index in [0.717, 1.165) is 12.3 Å². The molecule has 28 heavy (non-hydrogen) atoms. The summed E-state index contributed by atoms with van der Waals surface area (Å²) >= 11 is 0. The summed E-state index contributed by atoms with van der Waals surface area (Å²) in [6, 6.07) is 3.70. The summed E-state index contributed by atoms with van der Waals surface area (Å²) in [5.74, 6) is -0.177. The van der Waals surface area contributed by atoms with Crippen molar-refractivity contribution in [3.8, 4) is 0 Å². The average molecular weight is 415 g/mol. The van der Waals surface area contributed by atoms with Gasteiger partial charge in [0, 0.05) is 37.3 Å². The quantitative estimate of drug-likeness (QED) is 0.827. The van der Waals surface area contributed by atoms with E-state index in [1.54, 1.807) is 0 Å². The van der Waals surface area contributed by atoms with Gasteiger partial charge in [-0.25, -0.2) is 13.4 Å². The molecule has 3 rings (SSSR count). The van der Waals surface area contributed by atoms with Crippen LogP contribution in [0.1, 0.15) is 30.2 Å². The van der Waals surface area contributed by atoms with Gasteiger partial charge in [0.05, 0.1) is 22.9 Å². The largest absolute Gasteiger partial charge is 0.433 e. The zero-order chi connectivity index (χ0) is 20.5. The Balaban J connectivity index is 1.69. The van der Waals surface area contributed by atoms with Crippen LogP contribution in [0.4, 0.5) is 18.9 Å². The second kappa shape index (κ2) is 7.67. The number of pyridine rings is 2. The molecular formula is C18H20F3N3O3S. The van der Waals surface area contributed by atoms with Crippen molar-refractivity contribution in [2.75, 3.05) is 24.2 Å². The number of aromatic nitrogens is 2. The van der Waals surface area contributed by atoms with E-state index in [-0.39, 0.29) is 16.4 Å². The van der Waals surface area contributed by atoms with Crippen molar-refractivity contribution < 1.29 is 26.7 Å². The van der Waals surface area contributed by atoms with Gasteiger partial charge in [-0.2, -0.15) is 13.2 Å². The molecule has 1 N–H and O–H groups in total. The minimum absolute atomic E-state index is 0.0596. The molecule has 0 bridgehead atoms. The summed E-state index contributed by atoms with van der Waals surface area (Å²) < 4.78 is 61.8. The molecule has 0 saturated carbocycles. The first-order chi connectivity index (χ1) is 13.1. The third kappa shape index (κ3) is 4.44. The number of halogens is 3. The Morgan fingerprint density at radius 2 is 1.86 bits per heavy atom. The van der Waals surface area contributed by atoms with E-state index in [1.807, 2.05) is 4.90 Å². The second-order valence-corrected chi connectivity index (χ2v) is 8.84. The molecule has 152 valence electrons. The number of aliphatic hydroxyl groups excluding tert-OH is 1. The van der Waals surface area contributed by atoms with Gasteiger partial charge in [-0.1, -0.05) is 0 Å². The van der Waals surface area contributed by atoms with E-state index in [9.17, 15) is 26.7 Å². The standard InChI is InChI=1S/C18H20F3N3O3S/c1-28(26,27)15-4-7-22-11-14(15)17(25)12-5-8-24(9-6-12)13-2-3-16(23-10-13)18(19,20)21/h2-4,7,10-12,17,25H,5-6,8-9H2,1H3. The van der Waals surface area contributed by atoms with Gasteiger partial charge in [0.15, 0.2) is 9.84 Å². The normalized spacial score (nSPS) is 17.5. The maximum atomic E-state index is 12.6. The molecule has 2 aromatic heterocycles. The zero-order valence-corrected chi connectivity index (χ0v) is 15.9. The van der Waals surface area contributed by atoms with Crippen molar-refractivity contribution >= 4 is 15.5 Å². The number of sulfone groups is 1. The highest BCUT2D eigenvalue weighted by Crippen LogP contribution is 2.35. The number of nitrogens with zero attached hydrogens (tertiary/aromatic N) is 3. The summed E-state index contributed by atoms with van der Waals surface area (Å²) in [6.45, 7) is 1.03. The smallest absolute Gasteiger partial charge is 0.388 e. The molecule has 1 atom stereocenters. The van der Waals surface area contributed by atoms with E-state index in [0.29, 0.717) is 31.6 Å². The molecule has 1 aliphatic rings. The van der Waals surface area contributed by atoms with Crippen LogP contribution in [-0.2, 0) is 16.0 Å². The van der Waals surface area contributed by atoms with Crippen LogP contribution in [0, 0.1) is 5.92 Å². The summed E-state index contributed by atoms with van der Waals surface area (Å²) in [5.41, 5.74) is -0.0785. The zero-order valence-electron chi connectivity index (χ0n) is 15.1. The summed E-state index contributed by atoms with van der Waals surface area (Å²) in [6.07, 6.45) is 0.671.